The van der Waals surface area contributed by atoms with E-state index in [1.54, 1.807) is 31.4 Å². The zero-order valence-corrected chi connectivity index (χ0v) is 15.4. The highest BCUT2D eigenvalue weighted by Gasteiger charge is 2.17. The predicted molar refractivity (Wildman–Crippen MR) is 101 cm³/mol. The van der Waals surface area contributed by atoms with Gasteiger partial charge in [-0.15, -0.1) is 0 Å². The summed E-state index contributed by atoms with van der Waals surface area (Å²) in [5.41, 5.74) is 2.50. The number of nitrogens with one attached hydrogen (secondary N) is 1. The molecule has 1 aromatic heterocycles. The van der Waals surface area contributed by atoms with Crippen LogP contribution in [-0.2, 0) is 11.3 Å². The molecule has 1 N–H and O–H groups in total. The predicted octanol–water partition coefficient (Wildman–Crippen LogP) is 4.55. The molecule has 0 aliphatic carbocycles. The van der Waals surface area contributed by atoms with Gasteiger partial charge in [-0.25, -0.2) is 4.98 Å². The maximum Gasteiger partial charge on any atom is 0.258 e. The van der Waals surface area contributed by atoms with E-state index in [1.165, 1.54) is 0 Å². The van der Waals surface area contributed by atoms with E-state index in [9.17, 15) is 4.79 Å². The monoisotopic (exact) mass is 377 g/mol. The van der Waals surface area contributed by atoms with Gasteiger partial charge in [0, 0.05) is 13.7 Å². The summed E-state index contributed by atoms with van der Waals surface area (Å²) >= 11 is 12.2. The molecule has 0 radical (unpaired) electrons. The number of rotatable bonds is 5. The zero-order valence-electron chi connectivity index (χ0n) is 13.8. The first-order valence-electron chi connectivity index (χ1n) is 7.73. The van der Waals surface area contributed by atoms with E-state index in [-0.39, 0.29) is 11.5 Å². The lowest BCUT2D eigenvalue weighted by Gasteiger charge is -2.09. The second-order valence-electron chi connectivity index (χ2n) is 5.53. The number of hydrogen-bond donors (Lipinski definition) is 1. The van der Waals surface area contributed by atoms with Crippen molar-refractivity contribution in [3.8, 4) is 0 Å². The number of methoxy groups -OCH3 is 1. The Labute approximate surface area is 155 Å². The van der Waals surface area contributed by atoms with Crippen molar-refractivity contribution in [3.63, 3.8) is 0 Å². The third-order valence-corrected chi connectivity index (χ3v) is 4.56. The van der Waals surface area contributed by atoms with E-state index in [2.05, 4.69) is 14.9 Å². The lowest BCUT2D eigenvalue weighted by molar-refractivity contribution is 0.102. The van der Waals surface area contributed by atoms with Crippen molar-refractivity contribution in [1.29, 1.82) is 0 Å². The fourth-order valence-electron chi connectivity index (χ4n) is 2.73. The van der Waals surface area contributed by atoms with Crippen molar-refractivity contribution in [2.45, 2.75) is 13.5 Å². The van der Waals surface area contributed by atoms with Crippen molar-refractivity contribution in [1.82, 2.24) is 9.55 Å². The van der Waals surface area contributed by atoms with Crippen LogP contribution in [0.1, 0.15) is 16.2 Å². The molecule has 0 spiro atoms. The highest BCUT2D eigenvalue weighted by molar-refractivity contribution is 6.40. The van der Waals surface area contributed by atoms with Gasteiger partial charge in [0.1, 0.15) is 11.3 Å². The molecule has 5 nitrogen and oxygen atoms in total. The van der Waals surface area contributed by atoms with Crippen LogP contribution in [0.2, 0.25) is 10.0 Å². The van der Waals surface area contributed by atoms with Crippen LogP contribution in [0.4, 0.5) is 5.69 Å². The fourth-order valence-corrected chi connectivity index (χ4v) is 3.30. The van der Waals surface area contributed by atoms with Crippen LogP contribution in [0, 0.1) is 6.92 Å². The smallest absolute Gasteiger partial charge is 0.258 e. The lowest BCUT2D eigenvalue weighted by atomic mass is 10.2. The van der Waals surface area contributed by atoms with Gasteiger partial charge in [0.25, 0.3) is 5.91 Å². The van der Waals surface area contributed by atoms with Crippen molar-refractivity contribution < 1.29 is 9.53 Å². The second kappa shape index (κ2) is 7.44. The van der Waals surface area contributed by atoms with Gasteiger partial charge in [-0.2, -0.15) is 0 Å². The van der Waals surface area contributed by atoms with Gasteiger partial charge in [-0.1, -0.05) is 35.3 Å². The molecular weight excluding hydrogens is 361 g/mol. The Morgan fingerprint density at radius 1 is 1.20 bits per heavy atom. The normalized spacial score (nSPS) is 11.0. The third-order valence-electron chi connectivity index (χ3n) is 3.93. The first-order chi connectivity index (χ1) is 12.0. The molecule has 7 heteroatoms. The molecule has 0 aliphatic heterocycles. The number of hydrogen-bond acceptors (Lipinski definition) is 3. The molecule has 0 saturated heterocycles. The minimum Gasteiger partial charge on any atom is -0.383 e. The second-order valence-corrected chi connectivity index (χ2v) is 6.34. The van der Waals surface area contributed by atoms with Crippen molar-refractivity contribution in [2.75, 3.05) is 19.0 Å². The largest absolute Gasteiger partial charge is 0.383 e. The Morgan fingerprint density at radius 3 is 2.56 bits per heavy atom. The van der Waals surface area contributed by atoms with Crippen LogP contribution < -0.4 is 5.32 Å². The number of ether oxygens (including phenoxy) is 1. The van der Waals surface area contributed by atoms with Crippen LogP contribution >= 0.6 is 23.2 Å². The Hall–Kier alpha value is -2.08. The van der Waals surface area contributed by atoms with Crippen LogP contribution in [0.25, 0.3) is 11.0 Å². The van der Waals surface area contributed by atoms with Gasteiger partial charge < -0.3 is 14.6 Å². The minimum atomic E-state index is -0.368. The molecular formula is C18H17Cl2N3O2. The molecule has 3 rings (SSSR count). The maximum absolute atomic E-state index is 12.6. The lowest BCUT2D eigenvalue weighted by Crippen LogP contribution is -2.13. The summed E-state index contributed by atoms with van der Waals surface area (Å²) in [5.74, 6) is 0.483. The summed E-state index contributed by atoms with van der Waals surface area (Å²) in [5, 5.41) is 3.47. The number of imidazole rings is 1. The number of benzene rings is 2. The molecule has 0 unspecified atom stereocenters. The number of carbonyl (C=O) groups excluding carboxylic acids is 1. The molecule has 1 amide bonds. The van der Waals surface area contributed by atoms with Gasteiger partial charge in [0.15, 0.2) is 0 Å². The summed E-state index contributed by atoms with van der Waals surface area (Å²) in [6.45, 7) is 3.19. The average molecular weight is 378 g/mol. The maximum atomic E-state index is 12.6. The van der Waals surface area contributed by atoms with E-state index >= 15 is 0 Å². The van der Waals surface area contributed by atoms with Crippen molar-refractivity contribution >= 4 is 45.8 Å². The molecule has 0 fully saturated rings. The number of fused-ring (bicyclic) bond motifs is 1. The molecule has 0 bridgehead atoms. The van der Waals surface area contributed by atoms with E-state index in [1.807, 2.05) is 19.1 Å². The molecule has 0 atom stereocenters. The fraction of sp³-hybridized carbons (Fsp3) is 0.222. The van der Waals surface area contributed by atoms with Gasteiger partial charge in [0.05, 0.1) is 33.4 Å². The number of amides is 1. The summed E-state index contributed by atoms with van der Waals surface area (Å²) < 4.78 is 7.20. The Morgan fingerprint density at radius 2 is 1.88 bits per heavy atom. The van der Waals surface area contributed by atoms with Gasteiger partial charge >= 0.3 is 0 Å². The van der Waals surface area contributed by atoms with Gasteiger partial charge in [-0.3, -0.25) is 4.79 Å². The van der Waals surface area contributed by atoms with E-state index in [0.717, 1.165) is 11.3 Å². The van der Waals surface area contributed by atoms with Crippen LogP contribution in [0.5, 0.6) is 0 Å². The molecule has 25 heavy (non-hydrogen) atoms. The molecule has 0 aliphatic rings. The summed E-state index contributed by atoms with van der Waals surface area (Å²) in [7, 11) is 1.66. The number of carbonyl (C=O) groups is 1. The number of anilines is 1. The molecule has 1 heterocycles. The number of aromatic nitrogens is 2. The third kappa shape index (κ3) is 3.49. The summed E-state index contributed by atoms with van der Waals surface area (Å²) in [4.78, 5) is 17.2. The van der Waals surface area contributed by atoms with E-state index in [0.29, 0.717) is 34.4 Å². The van der Waals surface area contributed by atoms with Crippen LogP contribution in [0.3, 0.4) is 0 Å². The zero-order chi connectivity index (χ0) is 18.0. The van der Waals surface area contributed by atoms with E-state index in [4.69, 9.17) is 27.9 Å². The quantitative estimate of drug-likeness (QED) is 0.709. The van der Waals surface area contributed by atoms with Gasteiger partial charge in [-0.05, 0) is 31.2 Å². The summed E-state index contributed by atoms with van der Waals surface area (Å²) in [6.07, 6.45) is 0. The summed E-state index contributed by atoms with van der Waals surface area (Å²) in [6, 6.07) is 10.6. The van der Waals surface area contributed by atoms with E-state index < -0.39 is 0 Å². The molecule has 0 saturated carbocycles. The molecule has 2 aromatic carbocycles. The Kier molecular flexibility index (Phi) is 5.27. The highest BCUT2D eigenvalue weighted by Crippen LogP contribution is 2.28. The molecule has 3 aromatic rings. The van der Waals surface area contributed by atoms with Crippen molar-refractivity contribution in [2.24, 2.45) is 0 Å². The Balaban J connectivity index is 1.98. The number of aryl methyl sites for hydroxylation is 1. The Bertz CT molecular complexity index is 917. The van der Waals surface area contributed by atoms with Gasteiger partial charge in [0.2, 0.25) is 0 Å². The average Bonchev–Trinajstić information content (AvgIpc) is 2.89. The van der Waals surface area contributed by atoms with Crippen LogP contribution in [0.15, 0.2) is 36.4 Å². The van der Waals surface area contributed by atoms with Crippen molar-refractivity contribution in [3.05, 3.63) is 57.8 Å². The topological polar surface area (TPSA) is 56.1 Å². The number of nitrogens with zero attached hydrogens (tertiary/aromatic N) is 2. The standard InChI is InChI=1S/C18H17Cl2N3O2/c1-11-21-17-14(7-4-8-15(17)23(11)9-10-25-2)22-18(24)16-12(19)5-3-6-13(16)20/h3-8H,9-10H2,1-2H3,(H,22,24). The number of para-hydroxylation sites is 1. The SMILES string of the molecule is COCCn1c(C)nc2c(NC(=O)c3c(Cl)cccc3Cl)cccc21. The highest BCUT2D eigenvalue weighted by atomic mass is 35.5. The van der Waals surface area contributed by atoms with Crippen LogP contribution in [-0.4, -0.2) is 29.2 Å². The number of halogens is 2. The molecule has 130 valence electrons. The first kappa shape index (κ1) is 17.7. The first-order valence-corrected chi connectivity index (χ1v) is 8.48. The minimum absolute atomic E-state index is 0.248.